The van der Waals surface area contributed by atoms with Gasteiger partial charge in [-0.05, 0) is 19.3 Å². The van der Waals surface area contributed by atoms with E-state index >= 15 is 0 Å². The molecule has 0 bridgehead atoms. The lowest BCUT2D eigenvalue weighted by atomic mass is 10.1. The molecule has 1 heterocycles. The molecule has 0 amide bonds. The van der Waals surface area contributed by atoms with Gasteiger partial charge in [-0.25, -0.2) is 18.3 Å². The topological polar surface area (TPSA) is 66.2 Å². The van der Waals surface area contributed by atoms with Crippen molar-refractivity contribution in [3.05, 3.63) is 11.4 Å². The molecule has 21 heavy (non-hydrogen) atoms. The first-order valence-corrected chi connectivity index (χ1v) is 6.93. The largest absolute Gasteiger partial charge is 0.461 e. The van der Waals surface area contributed by atoms with Gasteiger partial charge in [0.2, 0.25) is 0 Å². The minimum absolute atomic E-state index is 0.0900. The molecule has 0 aliphatic heterocycles. The van der Waals surface area contributed by atoms with Crippen LogP contribution in [0.3, 0.4) is 0 Å². The van der Waals surface area contributed by atoms with Crippen molar-refractivity contribution in [2.24, 2.45) is 5.92 Å². The number of carbonyl (C=O) groups is 1. The van der Waals surface area contributed by atoms with Crippen molar-refractivity contribution in [2.75, 3.05) is 19.8 Å². The molecule has 0 fully saturated rings. The van der Waals surface area contributed by atoms with Crippen LogP contribution in [-0.4, -0.2) is 40.8 Å². The first-order chi connectivity index (χ1) is 9.97. The maximum atomic E-state index is 13.1. The van der Waals surface area contributed by atoms with Crippen LogP contribution in [0.15, 0.2) is 0 Å². The summed E-state index contributed by atoms with van der Waals surface area (Å²) in [5.74, 6) is -0.372. The van der Waals surface area contributed by atoms with E-state index in [1.807, 2.05) is 0 Å². The molecule has 1 aromatic rings. The van der Waals surface area contributed by atoms with Crippen LogP contribution in [0.2, 0.25) is 0 Å². The summed E-state index contributed by atoms with van der Waals surface area (Å²) < 4.78 is 37.1. The molecular weight excluding hydrogens is 284 g/mol. The number of alkyl halides is 2. The number of rotatable bonds is 9. The lowest BCUT2D eigenvalue weighted by Gasteiger charge is -2.08. The Morgan fingerprint density at radius 3 is 2.62 bits per heavy atom. The van der Waals surface area contributed by atoms with Gasteiger partial charge in [0, 0.05) is 6.61 Å². The second kappa shape index (κ2) is 8.66. The maximum absolute atomic E-state index is 13.1. The highest BCUT2D eigenvalue weighted by Gasteiger charge is 2.27. The third-order valence-electron chi connectivity index (χ3n) is 2.74. The van der Waals surface area contributed by atoms with Crippen LogP contribution in [0.25, 0.3) is 0 Å². The Bertz CT molecular complexity index is 450. The van der Waals surface area contributed by atoms with Gasteiger partial charge < -0.3 is 9.47 Å². The Balaban J connectivity index is 2.63. The van der Waals surface area contributed by atoms with E-state index in [4.69, 9.17) is 4.74 Å². The van der Waals surface area contributed by atoms with Gasteiger partial charge in [-0.3, -0.25) is 0 Å². The molecule has 0 saturated carbocycles. The standard InChI is InChI=1S/C13H21F2N3O3/c1-4-21-13(19)10-11(12(14)15)18(17-16-10)6-8-20-7-5-9(2)3/h9,12H,4-8H2,1-3H3. The molecule has 0 aromatic carbocycles. The molecule has 0 unspecified atom stereocenters. The van der Waals surface area contributed by atoms with Gasteiger partial charge in [0.25, 0.3) is 6.43 Å². The fourth-order valence-corrected chi connectivity index (χ4v) is 1.62. The highest BCUT2D eigenvalue weighted by atomic mass is 19.3. The summed E-state index contributed by atoms with van der Waals surface area (Å²) in [6.07, 6.45) is -1.96. The van der Waals surface area contributed by atoms with Gasteiger partial charge in [0.15, 0.2) is 5.69 Å². The van der Waals surface area contributed by atoms with E-state index in [2.05, 4.69) is 28.9 Å². The zero-order valence-electron chi connectivity index (χ0n) is 12.5. The zero-order valence-corrected chi connectivity index (χ0v) is 12.5. The van der Waals surface area contributed by atoms with Crippen molar-refractivity contribution >= 4 is 5.97 Å². The van der Waals surface area contributed by atoms with E-state index in [0.717, 1.165) is 11.1 Å². The van der Waals surface area contributed by atoms with Crippen molar-refractivity contribution in [2.45, 2.75) is 40.2 Å². The molecule has 0 N–H and O–H groups in total. The van der Waals surface area contributed by atoms with Crippen molar-refractivity contribution in [1.82, 2.24) is 15.0 Å². The molecule has 6 nitrogen and oxygen atoms in total. The minimum atomic E-state index is -2.85. The fourth-order valence-electron chi connectivity index (χ4n) is 1.62. The highest BCUT2D eigenvalue weighted by molar-refractivity contribution is 5.88. The average molecular weight is 305 g/mol. The fraction of sp³-hybridized carbons (Fsp3) is 0.769. The van der Waals surface area contributed by atoms with Crippen LogP contribution in [0.5, 0.6) is 0 Å². The Labute approximate surface area is 122 Å². The summed E-state index contributed by atoms with van der Waals surface area (Å²) in [5, 5.41) is 7.07. The summed E-state index contributed by atoms with van der Waals surface area (Å²) in [7, 11) is 0. The quantitative estimate of drug-likeness (QED) is 0.518. The summed E-state index contributed by atoms with van der Waals surface area (Å²) >= 11 is 0. The van der Waals surface area contributed by atoms with Gasteiger partial charge in [-0.15, -0.1) is 5.10 Å². The van der Waals surface area contributed by atoms with Crippen molar-refractivity contribution in [1.29, 1.82) is 0 Å². The van der Waals surface area contributed by atoms with E-state index < -0.39 is 23.8 Å². The first-order valence-electron chi connectivity index (χ1n) is 6.93. The van der Waals surface area contributed by atoms with Gasteiger partial charge >= 0.3 is 5.97 Å². The monoisotopic (exact) mass is 305 g/mol. The minimum Gasteiger partial charge on any atom is -0.461 e. The highest BCUT2D eigenvalue weighted by Crippen LogP contribution is 2.22. The van der Waals surface area contributed by atoms with Crippen molar-refractivity contribution in [3.8, 4) is 0 Å². The number of carbonyl (C=O) groups excluding carboxylic acids is 1. The van der Waals surface area contributed by atoms with Crippen LogP contribution in [0, 0.1) is 5.92 Å². The lowest BCUT2D eigenvalue weighted by molar-refractivity contribution is 0.0505. The zero-order chi connectivity index (χ0) is 15.8. The molecular formula is C13H21F2N3O3. The number of esters is 1. The van der Waals surface area contributed by atoms with Crippen LogP contribution < -0.4 is 0 Å². The molecule has 0 atom stereocenters. The third-order valence-corrected chi connectivity index (χ3v) is 2.74. The second-order valence-electron chi connectivity index (χ2n) is 4.86. The van der Waals surface area contributed by atoms with E-state index in [1.165, 1.54) is 0 Å². The normalized spacial score (nSPS) is 11.4. The van der Waals surface area contributed by atoms with Gasteiger partial charge in [-0.2, -0.15) is 0 Å². The summed E-state index contributed by atoms with van der Waals surface area (Å²) in [6, 6.07) is 0. The molecule has 0 spiro atoms. The van der Waals surface area contributed by atoms with Crippen LogP contribution >= 0.6 is 0 Å². The van der Waals surface area contributed by atoms with Gasteiger partial charge in [0.05, 0.1) is 19.8 Å². The third kappa shape index (κ3) is 5.37. The van der Waals surface area contributed by atoms with Crippen molar-refractivity contribution < 1.29 is 23.0 Å². The number of halogens is 2. The molecule has 0 saturated heterocycles. The molecule has 0 radical (unpaired) electrons. The predicted octanol–water partition coefficient (Wildman–Crippen LogP) is 2.46. The molecule has 8 heteroatoms. The Hall–Kier alpha value is -1.57. The van der Waals surface area contributed by atoms with E-state index in [0.29, 0.717) is 12.5 Å². The Morgan fingerprint density at radius 2 is 2.05 bits per heavy atom. The number of ether oxygens (including phenoxy) is 2. The van der Waals surface area contributed by atoms with E-state index in [-0.39, 0.29) is 19.8 Å². The second-order valence-corrected chi connectivity index (χ2v) is 4.86. The lowest BCUT2D eigenvalue weighted by Crippen LogP contribution is -2.14. The van der Waals surface area contributed by atoms with E-state index in [9.17, 15) is 13.6 Å². The summed E-state index contributed by atoms with van der Waals surface area (Å²) in [5.41, 5.74) is -0.963. The van der Waals surface area contributed by atoms with E-state index in [1.54, 1.807) is 6.92 Å². The average Bonchev–Trinajstić information content (AvgIpc) is 2.82. The summed E-state index contributed by atoms with van der Waals surface area (Å²) in [4.78, 5) is 11.5. The molecule has 0 aliphatic rings. The Morgan fingerprint density at radius 1 is 1.33 bits per heavy atom. The molecule has 120 valence electrons. The van der Waals surface area contributed by atoms with Gasteiger partial charge in [0.1, 0.15) is 5.69 Å². The molecule has 1 aromatic heterocycles. The van der Waals surface area contributed by atoms with Gasteiger partial charge in [-0.1, -0.05) is 19.1 Å². The summed E-state index contributed by atoms with van der Waals surface area (Å²) in [6.45, 7) is 6.73. The molecule has 1 rings (SSSR count). The Kier molecular flexibility index (Phi) is 7.21. The van der Waals surface area contributed by atoms with Crippen LogP contribution in [-0.2, 0) is 16.0 Å². The molecule has 0 aliphatic carbocycles. The maximum Gasteiger partial charge on any atom is 0.361 e. The van der Waals surface area contributed by atoms with Crippen molar-refractivity contribution in [3.63, 3.8) is 0 Å². The van der Waals surface area contributed by atoms with Crippen LogP contribution in [0.1, 0.15) is 49.8 Å². The number of hydrogen-bond donors (Lipinski definition) is 0. The SMILES string of the molecule is CCOC(=O)c1nnn(CCOCCC(C)C)c1C(F)F. The smallest absolute Gasteiger partial charge is 0.361 e. The number of hydrogen-bond acceptors (Lipinski definition) is 5. The number of aromatic nitrogens is 3. The van der Waals surface area contributed by atoms with Crippen LogP contribution in [0.4, 0.5) is 8.78 Å². The number of nitrogens with zero attached hydrogens (tertiary/aromatic N) is 3. The predicted molar refractivity (Wildman–Crippen MR) is 71.2 cm³/mol. The first kappa shape index (κ1) is 17.5.